The molecular weight excluding hydrogens is 138 g/mol. The monoisotopic (exact) mass is 157 g/mol. The Morgan fingerprint density at radius 2 is 2.09 bits per heavy atom. The second kappa shape index (κ2) is 4.52. The van der Waals surface area contributed by atoms with Gasteiger partial charge in [0.25, 0.3) is 0 Å². The van der Waals surface area contributed by atoms with Gasteiger partial charge in [-0.05, 0) is 27.7 Å². The highest BCUT2D eigenvalue weighted by Crippen LogP contribution is 2.06. The third kappa shape index (κ3) is 4.99. The van der Waals surface area contributed by atoms with E-state index in [1.807, 2.05) is 26.0 Å². The Bertz CT molecular complexity index is 124. The molecule has 2 nitrogen and oxygen atoms in total. The van der Waals surface area contributed by atoms with Gasteiger partial charge >= 0.3 is 0 Å². The van der Waals surface area contributed by atoms with E-state index in [1.54, 1.807) is 13.8 Å². The Morgan fingerprint density at radius 1 is 1.55 bits per heavy atom. The van der Waals surface area contributed by atoms with Crippen LogP contribution in [0.15, 0.2) is 12.2 Å². The Labute approximate surface area is 69.3 Å². The van der Waals surface area contributed by atoms with Gasteiger partial charge in [0, 0.05) is 12.6 Å². The van der Waals surface area contributed by atoms with Crippen molar-refractivity contribution in [3.63, 3.8) is 0 Å². The fourth-order valence-corrected chi connectivity index (χ4v) is 0.612. The lowest BCUT2D eigenvalue weighted by atomic mass is 10.0. The van der Waals surface area contributed by atoms with E-state index in [-0.39, 0.29) is 6.04 Å². The van der Waals surface area contributed by atoms with Crippen molar-refractivity contribution >= 4 is 0 Å². The molecule has 0 aliphatic rings. The maximum atomic E-state index is 9.50. The molecular formula is C9H19NO. The Hall–Kier alpha value is -0.340. The van der Waals surface area contributed by atoms with E-state index >= 15 is 0 Å². The van der Waals surface area contributed by atoms with Gasteiger partial charge in [-0.2, -0.15) is 0 Å². The molecule has 0 aromatic heterocycles. The van der Waals surface area contributed by atoms with Crippen molar-refractivity contribution in [1.29, 1.82) is 0 Å². The first kappa shape index (κ1) is 10.7. The highest BCUT2D eigenvalue weighted by atomic mass is 16.3. The molecule has 1 atom stereocenters. The summed E-state index contributed by atoms with van der Waals surface area (Å²) in [5, 5.41) is 12.7. The number of nitrogens with one attached hydrogen (secondary N) is 1. The van der Waals surface area contributed by atoms with E-state index < -0.39 is 5.60 Å². The normalized spacial score (nSPS) is 15.7. The van der Waals surface area contributed by atoms with Crippen LogP contribution in [-0.2, 0) is 0 Å². The lowest BCUT2D eigenvalue weighted by Crippen LogP contribution is -2.44. The third-order valence-corrected chi connectivity index (χ3v) is 1.84. The van der Waals surface area contributed by atoms with E-state index in [1.165, 1.54) is 0 Å². The summed E-state index contributed by atoms with van der Waals surface area (Å²) in [5.74, 6) is 0. The van der Waals surface area contributed by atoms with Gasteiger partial charge in [0.1, 0.15) is 0 Å². The summed E-state index contributed by atoms with van der Waals surface area (Å²) in [6, 6.07) is 0.124. The first-order chi connectivity index (χ1) is 4.98. The molecule has 0 radical (unpaired) electrons. The summed E-state index contributed by atoms with van der Waals surface area (Å²) >= 11 is 0. The van der Waals surface area contributed by atoms with Crippen molar-refractivity contribution < 1.29 is 5.11 Å². The molecule has 0 aliphatic heterocycles. The maximum Gasteiger partial charge on any atom is 0.0741 e. The van der Waals surface area contributed by atoms with E-state index in [4.69, 9.17) is 0 Å². The molecule has 0 heterocycles. The fraction of sp³-hybridized carbons (Fsp3) is 0.778. The summed E-state index contributed by atoms with van der Waals surface area (Å²) in [4.78, 5) is 0. The van der Waals surface area contributed by atoms with Crippen LogP contribution in [0.3, 0.4) is 0 Å². The molecule has 66 valence electrons. The van der Waals surface area contributed by atoms with Crippen LogP contribution in [0.5, 0.6) is 0 Å². The predicted molar refractivity (Wildman–Crippen MR) is 48.6 cm³/mol. The van der Waals surface area contributed by atoms with Crippen LogP contribution in [0, 0.1) is 0 Å². The molecule has 0 aromatic carbocycles. The first-order valence-electron chi connectivity index (χ1n) is 4.05. The standard InChI is InChI=1S/C9H19NO/c1-5-6-7-10-8(2)9(3,4)11/h5-6,8,10-11H,7H2,1-4H3/b6-5+. The maximum absolute atomic E-state index is 9.50. The minimum Gasteiger partial charge on any atom is -0.389 e. The highest BCUT2D eigenvalue weighted by molar-refractivity contribution is 4.85. The summed E-state index contributed by atoms with van der Waals surface area (Å²) in [5.41, 5.74) is -0.637. The molecule has 0 rings (SSSR count). The fourth-order valence-electron chi connectivity index (χ4n) is 0.612. The number of hydrogen-bond donors (Lipinski definition) is 2. The van der Waals surface area contributed by atoms with Crippen molar-refractivity contribution in [3.05, 3.63) is 12.2 Å². The molecule has 1 unspecified atom stereocenters. The van der Waals surface area contributed by atoms with Gasteiger partial charge in [0.05, 0.1) is 5.60 Å². The van der Waals surface area contributed by atoms with E-state index in [2.05, 4.69) is 5.32 Å². The minimum atomic E-state index is -0.637. The van der Waals surface area contributed by atoms with Crippen LogP contribution >= 0.6 is 0 Å². The van der Waals surface area contributed by atoms with Gasteiger partial charge in [-0.1, -0.05) is 12.2 Å². The van der Waals surface area contributed by atoms with Crippen LogP contribution < -0.4 is 5.32 Å². The van der Waals surface area contributed by atoms with Crippen molar-refractivity contribution in [2.75, 3.05) is 6.54 Å². The SMILES string of the molecule is C/C=C/CNC(C)C(C)(C)O. The number of hydrogen-bond acceptors (Lipinski definition) is 2. The van der Waals surface area contributed by atoms with E-state index in [0.29, 0.717) is 0 Å². The van der Waals surface area contributed by atoms with Crippen LogP contribution in [0.25, 0.3) is 0 Å². The van der Waals surface area contributed by atoms with E-state index in [0.717, 1.165) is 6.54 Å². The van der Waals surface area contributed by atoms with Gasteiger partial charge in [-0.25, -0.2) is 0 Å². The summed E-state index contributed by atoms with van der Waals surface area (Å²) in [6.07, 6.45) is 4.02. The van der Waals surface area contributed by atoms with Gasteiger partial charge in [0.2, 0.25) is 0 Å². The Kier molecular flexibility index (Phi) is 4.38. The molecule has 0 aromatic rings. The zero-order chi connectivity index (χ0) is 8.91. The molecule has 0 bridgehead atoms. The molecule has 0 aliphatic carbocycles. The molecule has 0 spiro atoms. The van der Waals surface area contributed by atoms with Crippen molar-refractivity contribution in [3.8, 4) is 0 Å². The molecule has 11 heavy (non-hydrogen) atoms. The Balaban J connectivity index is 3.61. The van der Waals surface area contributed by atoms with Gasteiger partial charge in [0.15, 0.2) is 0 Å². The molecule has 2 heteroatoms. The topological polar surface area (TPSA) is 32.3 Å². The highest BCUT2D eigenvalue weighted by Gasteiger charge is 2.20. The second-order valence-corrected chi connectivity index (χ2v) is 3.35. The van der Waals surface area contributed by atoms with Crippen LogP contribution in [0.2, 0.25) is 0 Å². The van der Waals surface area contributed by atoms with Gasteiger partial charge < -0.3 is 10.4 Å². The molecule has 0 fully saturated rings. The van der Waals surface area contributed by atoms with Crippen molar-refractivity contribution in [2.24, 2.45) is 0 Å². The minimum absolute atomic E-state index is 0.124. The summed E-state index contributed by atoms with van der Waals surface area (Å²) < 4.78 is 0. The zero-order valence-electron chi connectivity index (χ0n) is 7.89. The van der Waals surface area contributed by atoms with Crippen molar-refractivity contribution in [1.82, 2.24) is 5.32 Å². The van der Waals surface area contributed by atoms with E-state index in [9.17, 15) is 5.11 Å². The van der Waals surface area contributed by atoms with Gasteiger partial charge in [-0.15, -0.1) is 0 Å². The van der Waals surface area contributed by atoms with Crippen LogP contribution in [0.1, 0.15) is 27.7 Å². The largest absolute Gasteiger partial charge is 0.389 e. The van der Waals surface area contributed by atoms with Crippen molar-refractivity contribution in [2.45, 2.75) is 39.3 Å². The average molecular weight is 157 g/mol. The number of aliphatic hydroxyl groups is 1. The smallest absolute Gasteiger partial charge is 0.0741 e. The third-order valence-electron chi connectivity index (χ3n) is 1.84. The molecule has 0 saturated heterocycles. The first-order valence-corrected chi connectivity index (χ1v) is 4.05. The Morgan fingerprint density at radius 3 is 2.45 bits per heavy atom. The number of allylic oxidation sites excluding steroid dienone is 1. The lowest BCUT2D eigenvalue weighted by Gasteiger charge is -2.26. The average Bonchev–Trinajstić information content (AvgIpc) is 1.86. The molecule has 0 amide bonds. The zero-order valence-corrected chi connectivity index (χ0v) is 7.89. The second-order valence-electron chi connectivity index (χ2n) is 3.35. The lowest BCUT2D eigenvalue weighted by molar-refractivity contribution is 0.0457. The summed E-state index contributed by atoms with van der Waals surface area (Å²) in [7, 11) is 0. The number of rotatable bonds is 4. The molecule has 0 saturated carbocycles. The van der Waals surface area contributed by atoms with Crippen LogP contribution in [0.4, 0.5) is 0 Å². The quantitative estimate of drug-likeness (QED) is 0.603. The predicted octanol–water partition coefficient (Wildman–Crippen LogP) is 1.31. The summed E-state index contributed by atoms with van der Waals surface area (Å²) in [6.45, 7) is 8.39. The van der Waals surface area contributed by atoms with Crippen LogP contribution in [-0.4, -0.2) is 23.3 Å². The van der Waals surface area contributed by atoms with Gasteiger partial charge in [-0.3, -0.25) is 0 Å². The molecule has 2 N–H and O–H groups in total.